The molecule has 0 aromatic heterocycles. The van der Waals surface area contributed by atoms with Crippen molar-refractivity contribution in [1.82, 2.24) is 4.90 Å². The molecule has 0 N–H and O–H groups in total. The summed E-state index contributed by atoms with van der Waals surface area (Å²) >= 11 is 0. The predicted molar refractivity (Wildman–Crippen MR) is 43.2 cm³/mol. The Bertz CT molecular complexity index is 154. The Morgan fingerprint density at radius 1 is 1.27 bits per heavy atom. The van der Waals surface area contributed by atoms with Crippen molar-refractivity contribution in [3.05, 3.63) is 0 Å². The topological polar surface area (TPSA) is 37.4 Å². The zero-order valence-electron chi connectivity index (χ0n) is 7.39. The molecule has 0 rings (SSSR count). The van der Waals surface area contributed by atoms with E-state index in [0.717, 1.165) is 0 Å². The van der Waals surface area contributed by atoms with E-state index in [4.69, 9.17) is 0 Å². The third-order valence-electron chi connectivity index (χ3n) is 1.45. The number of hydrogen-bond donors (Lipinski definition) is 0. The van der Waals surface area contributed by atoms with E-state index >= 15 is 0 Å². The average molecular weight is 157 g/mol. The number of hydrogen-bond acceptors (Lipinski definition) is 2. The molecule has 0 aromatic rings. The highest BCUT2D eigenvalue weighted by molar-refractivity contribution is 5.84. The van der Waals surface area contributed by atoms with Crippen molar-refractivity contribution in [3.8, 4) is 0 Å². The van der Waals surface area contributed by atoms with E-state index < -0.39 is 0 Å². The fourth-order valence-electron chi connectivity index (χ4n) is 0.869. The van der Waals surface area contributed by atoms with Crippen molar-refractivity contribution >= 4 is 11.7 Å². The van der Waals surface area contributed by atoms with Crippen molar-refractivity contribution in [2.75, 3.05) is 13.1 Å². The smallest absolute Gasteiger partial charge is 0.222 e. The van der Waals surface area contributed by atoms with Gasteiger partial charge in [0.25, 0.3) is 0 Å². The number of Topliss-reactive ketones (excluding diaryl/α,β-unsaturated/α-hetero) is 1. The van der Waals surface area contributed by atoms with Crippen LogP contribution in [0.25, 0.3) is 0 Å². The van der Waals surface area contributed by atoms with E-state index in [2.05, 4.69) is 0 Å². The van der Waals surface area contributed by atoms with E-state index in [0.29, 0.717) is 13.0 Å². The molecule has 0 saturated heterocycles. The Labute approximate surface area is 67.4 Å². The zero-order valence-corrected chi connectivity index (χ0v) is 7.39. The molecule has 0 saturated carbocycles. The van der Waals surface area contributed by atoms with Gasteiger partial charge < -0.3 is 4.90 Å². The van der Waals surface area contributed by atoms with Crippen LogP contribution < -0.4 is 0 Å². The first kappa shape index (κ1) is 10.1. The lowest BCUT2D eigenvalue weighted by Crippen LogP contribution is -2.34. The molecular weight excluding hydrogens is 142 g/mol. The molecule has 0 fully saturated rings. The van der Waals surface area contributed by atoms with Gasteiger partial charge in [0.1, 0.15) is 5.78 Å². The summed E-state index contributed by atoms with van der Waals surface area (Å²) in [6.45, 7) is 6.03. The van der Waals surface area contributed by atoms with Crippen LogP contribution in [-0.2, 0) is 9.59 Å². The molecule has 0 spiro atoms. The van der Waals surface area contributed by atoms with Gasteiger partial charge in [0.2, 0.25) is 5.91 Å². The summed E-state index contributed by atoms with van der Waals surface area (Å²) in [5, 5.41) is 0. The molecule has 0 bridgehead atoms. The van der Waals surface area contributed by atoms with Crippen LogP contribution in [0.4, 0.5) is 0 Å². The lowest BCUT2D eigenvalue weighted by Gasteiger charge is -2.17. The normalized spacial score (nSPS) is 9.36. The number of likely N-dealkylation sites (N-methyl/N-ethyl adjacent to an activating group) is 1. The molecular formula is C8H15NO2. The average Bonchev–Trinajstić information content (AvgIpc) is 1.98. The summed E-state index contributed by atoms with van der Waals surface area (Å²) in [4.78, 5) is 23.2. The van der Waals surface area contributed by atoms with Crippen LogP contribution in [0.15, 0.2) is 0 Å². The van der Waals surface area contributed by atoms with Gasteiger partial charge in [-0.3, -0.25) is 9.59 Å². The maximum atomic E-state index is 11.1. The molecule has 0 aromatic carbocycles. The number of ketones is 1. The van der Waals surface area contributed by atoms with Crippen molar-refractivity contribution in [2.24, 2.45) is 0 Å². The lowest BCUT2D eigenvalue weighted by molar-refractivity contribution is -0.134. The predicted octanol–water partition coefficient (Wildman–Crippen LogP) is 0.834. The Morgan fingerprint density at radius 3 is 2.09 bits per heavy atom. The van der Waals surface area contributed by atoms with Gasteiger partial charge >= 0.3 is 0 Å². The summed E-state index contributed by atoms with van der Waals surface area (Å²) in [6, 6.07) is 0. The third kappa shape index (κ3) is 3.75. The first-order valence-corrected chi connectivity index (χ1v) is 3.89. The molecule has 0 aliphatic rings. The molecule has 0 unspecified atom stereocenters. The van der Waals surface area contributed by atoms with E-state index in [-0.39, 0.29) is 18.2 Å². The van der Waals surface area contributed by atoms with Gasteiger partial charge in [-0.2, -0.15) is 0 Å². The Morgan fingerprint density at radius 2 is 1.82 bits per heavy atom. The van der Waals surface area contributed by atoms with E-state index in [1.54, 1.807) is 11.8 Å². The molecule has 64 valence electrons. The standard InChI is InChI=1S/C8H15NO2/c1-4-8(11)9(5-2)6-7(3)10/h4-6H2,1-3H3. The summed E-state index contributed by atoms with van der Waals surface area (Å²) in [5.74, 6) is 0.0800. The second-order valence-electron chi connectivity index (χ2n) is 2.46. The fraction of sp³-hybridized carbons (Fsp3) is 0.750. The molecule has 0 atom stereocenters. The molecule has 0 radical (unpaired) electrons. The van der Waals surface area contributed by atoms with Crippen molar-refractivity contribution in [2.45, 2.75) is 27.2 Å². The van der Waals surface area contributed by atoms with Crippen molar-refractivity contribution in [3.63, 3.8) is 0 Å². The Kier molecular flexibility index (Phi) is 4.50. The van der Waals surface area contributed by atoms with Gasteiger partial charge in [0.15, 0.2) is 0 Å². The van der Waals surface area contributed by atoms with Crippen LogP contribution in [0.3, 0.4) is 0 Å². The van der Waals surface area contributed by atoms with Gasteiger partial charge in [-0.15, -0.1) is 0 Å². The largest absolute Gasteiger partial charge is 0.336 e. The van der Waals surface area contributed by atoms with Crippen LogP contribution >= 0.6 is 0 Å². The highest BCUT2D eigenvalue weighted by atomic mass is 16.2. The number of rotatable bonds is 4. The third-order valence-corrected chi connectivity index (χ3v) is 1.45. The second-order valence-corrected chi connectivity index (χ2v) is 2.46. The van der Waals surface area contributed by atoms with Crippen LogP contribution in [0.5, 0.6) is 0 Å². The van der Waals surface area contributed by atoms with E-state index in [9.17, 15) is 9.59 Å². The summed E-state index contributed by atoms with van der Waals surface area (Å²) in [5.41, 5.74) is 0. The molecule has 0 aliphatic carbocycles. The zero-order chi connectivity index (χ0) is 8.85. The highest BCUT2D eigenvalue weighted by Gasteiger charge is 2.09. The molecule has 0 heterocycles. The second kappa shape index (κ2) is 4.88. The maximum Gasteiger partial charge on any atom is 0.222 e. The van der Waals surface area contributed by atoms with Gasteiger partial charge in [0, 0.05) is 13.0 Å². The first-order chi connectivity index (χ1) is 5.11. The SMILES string of the molecule is CCC(=O)N(CC)CC(C)=O. The molecule has 1 amide bonds. The van der Waals surface area contributed by atoms with Crippen molar-refractivity contribution < 1.29 is 9.59 Å². The van der Waals surface area contributed by atoms with Crippen LogP contribution in [-0.4, -0.2) is 29.7 Å². The lowest BCUT2D eigenvalue weighted by atomic mass is 10.3. The molecule has 0 aliphatic heterocycles. The molecule has 11 heavy (non-hydrogen) atoms. The van der Waals surface area contributed by atoms with E-state index in [1.165, 1.54) is 6.92 Å². The van der Waals surface area contributed by atoms with Crippen LogP contribution in [0.1, 0.15) is 27.2 Å². The minimum Gasteiger partial charge on any atom is -0.336 e. The van der Waals surface area contributed by atoms with Gasteiger partial charge in [0.05, 0.1) is 6.54 Å². The van der Waals surface area contributed by atoms with Crippen molar-refractivity contribution in [1.29, 1.82) is 0 Å². The molecule has 3 nitrogen and oxygen atoms in total. The van der Waals surface area contributed by atoms with E-state index in [1.807, 2.05) is 6.92 Å². The van der Waals surface area contributed by atoms with Gasteiger partial charge in [-0.05, 0) is 13.8 Å². The number of carbonyl (C=O) groups is 2. The fourth-order valence-corrected chi connectivity index (χ4v) is 0.869. The van der Waals surface area contributed by atoms with Crippen LogP contribution in [0.2, 0.25) is 0 Å². The van der Waals surface area contributed by atoms with Crippen LogP contribution in [0, 0.1) is 0 Å². The minimum atomic E-state index is 0.0358. The Balaban J connectivity index is 3.94. The van der Waals surface area contributed by atoms with Gasteiger partial charge in [-0.25, -0.2) is 0 Å². The maximum absolute atomic E-state index is 11.1. The Hall–Kier alpha value is -0.860. The highest BCUT2D eigenvalue weighted by Crippen LogP contribution is 1.93. The monoisotopic (exact) mass is 157 g/mol. The number of amides is 1. The number of carbonyl (C=O) groups excluding carboxylic acids is 2. The first-order valence-electron chi connectivity index (χ1n) is 3.89. The summed E-state index contributed by atoms with van der Waals surface area (Å²) < 4.78 is 0. The quantitative estimate of drug-likeness (QED) is 0.606. The van der Waals surface area contributed by atoms with Gasteiger partial charge in [-0.1, -0.05) is 6.92 Å². The number of nitrogens with zero attached hydrogens (tertiary/aromatic N) is 1. The molecule has 3 heteroatoms. The summed E-state index contributed by atoms with van der Waals surface area (Å²) in [6.07, 6.45) is 0.473. The minimum absolute atomic E-state index is 0.0358. The summed E-state index contributed by atoms with van der Waals surface area (Å²) in [7, 11) is 0.